The van der Waals surface area contributed by atoms with Crippen molar-refractivity contribution in [1.29, 1.82) is 0 Å². The van der Waals surface area contributed by atoms with Crippen LogP contribution in [0.25, 0.3) is 0 Å². The summed E-state index contributed by atoms with van der Waals surface area (Å²) in [5, 5.41) is 9.53. The van der Waals surface area contributed by atoms with Gasteiger partial charge in [0.2, 0.25) is 0 Å². The topological polar surface area (TPSA) is 60.9 Å². The lowest BCUT2D eigenvalue weighted by molar-refractivity contribution is -0.127. The number of rotatable bonds is 8. The van der Waals surface area contributed by atoms with Gasteiger partial charge < -0.3 is 5.11 Å². The summed E-state index contributed by atoms with van der Waals surface area (Å²) in [5.41, 5.74) is 0. The van der Waals surface area contributed by atoms with Crippen molar-refractivity contribution in [1.82, 2.24) is 9.80 Å². The molecule has 2 atom stereocenters. The zero-order chi connectivity index (χ0) is 13.6. The molecular weight excluding hydrogens is 220 g/mol. The van der Waals surface area contributed by atoms with Gasteiger partial charge in [-0.2, -0.15) is 0 Å². The number of carbonyl (C=O) groups excluding carboxylic acids is 2. The average molecular weight is 244 g/mol. The maximum atomic E-state index is 11.9. The fraction of sp³-hybridized carbons (Fsp3) is 0.833. The molecule has 0 aromatic heterocycles. The van der Waals surface area contributed by atoms with E-state index in [2.05, 4.69) is 0 Å². The third-order valence-electron chi connectivity index (χ3n) is 2.58. The van der Waals surface area contributed by atoms with Crippen LogP contribution in [-0.4, -0.2) is 72.9 Å². The smallest absolute Gasteiger partial charge is 0.153 e. The first kappa shape index (κ1) is 16.2. The van der Waals surface area contributed by atoms with E-state index in [4.69, 9.17) is 0 Å². The lowest BCUT2D eigenvalue weighted by atomic mass is 10.0. The Morgan fingerprint density at radius 2 is 1.76 bits per heavy atom. The standard InChI is InChI=1S/C12H24N2O3/c1-9(15)8-14(5)7-6-11(17)12(10(2)16)13(3)4/h10,12,16H,6-8H2,1-5H3/t10-,12+/m1/s1. The van der Waals surface area contributed by atoms with Crippen molar-refractivity contribution >= 4 is 11.6 Å². The summed E-state index contributed by atoms with van der Waals surface area (Å²) in [6.45, 7) is 4.03. The Morgan fingerprint density at radius 3 is 2.12 bits per heavy atom. The normalized spacial score (nSPS) is 15.1. The number of ketones is 2. The number of aliphatic hydroxyl groups excluding tert-OH is 1. The molecule has 0 aliphatic carbocycles. The van der Waals surface area contributed by atoms with Crippen molar-refractivity contribution < 1.29 is 14.7 Å². The highest BCUT2D eigenvalue weighted by Gasteiger charge is 2.25. The number of nitrogens with zero attached hydrogens (tertiary/aromatic N) is 2. The first-order chi connectivity index (χ1) is 7.75. The number of carbonyl (C=O) groups is 2. The highest BCUT2D eigenvalue weighted by atomic mass is 16.3. The molecule has 0 unspecified atom stereocenters. The van der Waals surface area contributed by atoms with Crippen molar-refractivity contribution in [2.45, 2.75) is 32.4 Å². The van der Waals surface area contributed by atoms with Gasteiger partial charge in [-0.1, -0.05) is 0 Å². The van der Waals surface area contributed by atoms with Gasteiger partial charge in [0.1, 0.15) is 5.78 Å². The number of hydrogen-bond acceptors (Lipinski definition) is 5. The zero-order valence-corrected chi connectivity index (χ0v) is 11.4. The summed E-state index contributed by atoms with van der Waals surface area (Å²) in [5.74, 6) is 0.0834. The molecule has 0 saturated heterocycles. The van der Waals surface area contributed by atoms with E-state index in [1.807, 2.05) is 11.9 Å². The maximum Gasteiger partial charge on any atom is 0.153 e. The molecule has 0 heterocycles. The molecule has 1 N–H and O–H groups in total. The fourth-order valence-electron chi connectivity index (χ4n) is 1.90. The van der Waals surface area contributed by atoms with Crippen LogP contribution in [0.3, 0.4) is 0 Å². The highest BCUT2D eigenvalue weighted by molar-refractivity contribution is 5.84. The van der Waals surface area contributed by atoms with Crippen molar-refractivity contribution in [2.75, 3.05) is 34.2 Å². The predicted octanol–water partition coefficient (Wildman–Crippen LogP) is -0.223. The van der Waals surface area contributed by atoms with Gasteiger partial charge in [-0.3, -0.25) is 19.4 Å². The van der Waals surface area contributed by atoms with Gasteiger partial charge in [-0.25, -0.2) is 0 Å². The molecule has 17 heavy (non-hydrogen) atoms. The largest absolute Gasteiger partial charge is 0.391 e. The molecule has 0 rings (SSSR count). The van der Waals surface area contributed by atoms with Crippen LogP contribution in [-0.2, 0) is 9.59 Å². The van der Waals surface area contributed by atoms with E-state index in [0.717, 1.165) is 0 Å². The van der Waals surface area contributed by atoms with Gasteiger partial charge in [-0.05, 0) is 35.0 Å². The summed E-state index contributed by atoms with van der Waals surface area (Å²) in [6, 6.07) is -0.472. The Kier molecular flexibility index (Phi) is 7.18. The quantitative estimate of drug-likeness (QED) is 0.639. The van der Waals surface area contributed by atoms with E-state index in [-0.39, 0.29) is 11.6 Å². The van der Waals surface area contributed by atoms with Gasteiger partial charge in [0.15, 0.2) is 5.78 Å². The van der Waals surface area contributed by atoms with Crippen LogP contribution >= 0.6 is 0 Å². The molecule has 100 valence electrons. The molecule has 0 aliphatic rings. The summed E-state index contributed by atoms with van der Waals surface area (Å²) in [6.07, 6.45) is -0.340. The molecule has 0 saturated carbocycles. The van der Waals surface area contributed by atoms with E-state index < -0.39 is 12.1 Å². The second-order valence-electron chi connectivity index (χ2n) is 4.81. The van der Waals surface area contributed by atoms with Crippen LogP contribution in [0.2, 0.25) is 0 Å². The Labute approximate surface area is 103 Å². The molecule has 0 aliphatic heterocycles. The van der Waals surface area contributed by atoms with Crippen molar-refractivity contribution in [3.63, 3.8) is 0 Å². The van der Waals surface area contributed by atoms with Crippen LogP contribution in [0.5, 0.6) is 0 Å². The van der Waals surface area contributed by atoms with Crippen molar-refractivity contribution in [3.8, 4) is 0 Å². The fourth-order valence-corrected chi connectivity index (χ4v) is 1.90. The SMILES string of the molecule is CC(=O)CN(C)CCC(=O)[C@H]([C@@H](C)O)N(C)C. The minimum Gasteiger partial charge on any atom is -0.391 e. The molecule has 0 radical (unpaired) electrons. The molecule has 5 heteroatoms. The van der Waals surface area contributed by atoms with Crippen LogP contribution in [0, 0.1) is 0 Å². The zero-order valence-electron chi connectivity index (χ0n) is 11.4. The highest BCUT2D eigenvalue weighted by Crippen LogP contribution is 2.05. The summed E-state index contributed by atoms with van der Waals surface area (Å²) in [7, 11) is 5.35. The van der Waals surface area contributed by atoms with Gasteiger partial charge in [0, 0.05) is 13.0 Å². The van der Waals surface area contributed by atoms with Gasteiger partial charge in [0.05, 0.1) is 18.7 Å². The van der Waals surface area contributed by atoms with Gasteiger partial charge >= 0.3 is 0 Å². The van der Waals surface area contributed by atoms with Crippen LogP contribution in [0.15, 0.2) is 0 Å². The van der Waals surface area contributed by atoms with E-state index >= 15 is 0 Å². The third kappa shape index (κ3) is 6.51. The van der Waals surface area contributed by atoms with Crippen molar-refractivity contribution in [3.05, 3.63) is 0 Å². The minimum absolute atomic E-state index is 0.000372. The first-order valence-corrected chi connectivity index (χ1v) is 5.81. The average Bonchev–Trinajstić information content (AvgIpc) is 2.12. The van der Waals surface area contributed by atoms with Gasteiger partial charge in [0.25, 0.3) is 0 Å². The Balaban J connectivity index is 4.19. The van der Waals surface area contributed by atoms with Gasteiger partial charge in [-0.15, -0.1) is 0 Å². The van der Waals surface area contributed by atoms with E-state index in [0.29, 0.717) is 19.5 Å². The maximum absolute atomic E-state index is 11.9. The number of Topliss-reactive ketones (excluding diaryl/α,β-unsaturated/α-hetero) is 2. The molecule has 0 aromatic carbocycles. The van der Waals surface area contributed by atoms with Crippen LogP contribution < -0.4 is 0 Å². The molecule has 0 aromatic rings. The Bertz CT molecular complexity index is 256. The summed E-state index contributed by atoms with van der Waals surface area (Å²) in [4.78, 5) is 26.3. The van der Waals surface area contributed by atoms with E-state index in [1.54, 1.807) is 25.9 Å². The second-order valence-corrected chi connectivity index (χ2v) is 4.81. The predicted molar refractivity (Wildman–Crippen MR) is 67.0 cm³/mol. The lowest BCUT2D eigenvalue weighted by Gasteiger charge is -2.26. The molecule has 0 fully saturated rings. The number of aliphatic hydroxyl groups is 1. The molecule has 0 spiro atoms. The first-order valence-electron chi connectivity index (χ1n) is 5.81. The summed E-state index contributed by atoms with van der Waals surface area (Å²) < 4.78 is 0. The van der Waals surface area contributed by atoms with Crippen molar-refractivity contribution in [2.24, 2.45) is 0 Å². The number of likely N-dealkylation sites (N-methyl/N-ethyl adjacent to an activating group) is 2. The Morgan fingerprint density at radius 1 is 1.24 bits per heavy atom. The Hall–Kier alpha value is -0.780. The third-order valence-corrected chi connectivity index (χ3v) is 2.58. The number of hydrogen-bond donors (Lipinski definition) is 1. The lowest BCUT2D eigenvalue weighted by Crippen LogP contribution is -2.45. The monoisotopic (exact) mass is 244 g/mol. The van der Waals surface area contributed by atoms with E-state index in [9.17, 15) is 14.7 Å². The molecule has 0 bridgehead atoms. The molecule has 5 nitrogen and oxygen atoms in total. The molecule has 0 amide bonds. The summed E-state index contributed by atoms with van der Waals surface area (Å²) >= 11 is 0. The van der Waals surface area contributed by atoms with Crippen LogP contribution in [0.1, 0.15) is 20.3 Å². The van der Waals surface area contributed by atoms with Crippen LogP contribution in [0.4, 0.5) is 0 Å². The second kappa shape index (κ2) is 7.53. The molecular formula is C12H24N2O3. The minimum atomic E-state index is -0.685. The van der Waals surface area contributed by atoms with E-state index in [1.165, 1.54) is 6.92 Å².